The van der Waals surface area contributed by atoms with Crippen LogP contribution in [0, 0.1) is 10.7 Å². The molecule has 1 fully saturated rings. The third kappa shape index (κ3) is 2.03. The van der Waals surface area contributed by atoms with Crippen LogP contribution in [0.1, 0.15) is 44.6 Å². The molecule has 3 rings (SSSR count). The number of thioether (sulfide) groups is 1. The molecule has 1 heterocycles. The van der Waals surface area contributed by atoms with Gasteiger partial charge in [-0.15, -0.1) is 0 Å². The van der Waals surface area contributed by atoms with Gasteiger partial charge >= 0.3 is 0 Å². The minimum absolute atomic E-state index is 0.457. The number of rotatable bonds is 2. The van der Waals surface area contributed by atoms with Crippen LogP contribution in [0.5, 0.6) is 0 Å². The van der Waals surface area contributed by atoms with Gasteiger partial charge in [-0.25, -0.2) is 0 Å². The van der Waals surface area contributed by atoms with Gasteiger partial charge < -0.3 is 4.90 Å². The Morgan fingerprint density at radius 3 is 2.84 bits per heavy atom. The molecule has 0 radical (unpaired) electrons. The molecule has 0 bridgehead atoms. The van der Waals surface area contributed by atoms with Gasteiger partial charge in [0.25, 0.3) is 0 Å². The summed E-state index contributed by atoms with van der Waals surface area (Å²) in [5.41, 5.74) is 2.90. The summed E-state index contributed by atoms with van der Waals surface area (Å²) in [6, 6.07) is 9.84. The Morgan fingerprint density at radius 1 is 1.32 bits per heavy atom. The van der Waals surface area contributed by atoms with Crippen molar-refractivity contribution in [2.45, 2.75) is 56.4 Å². The summed E-state index contributed by atoms with van der Waals surface area (Å²) in [5.74, 6) is 0.623. The molecule has 1 saturated carbocycles. The maximum absolute atomic E-state index is 9.07. The van der Waals surface area contributed by atoms with Gasteiger partial charge in [-0.2, -0.15) is 5.26 Å². The van der Waals surface area contributed by atoms with E-state index in [1.807, 2.05) is 0 Å². The smallest absolute Gasteiger partial charge is 0.133 e. The second kappa shape index (κ2) is 5.09. The summed E-state index contributed by atoms with van der Waals surface area (Å²) < 4.78 is 0. The third-order valence-corrected chi connectivity index (χ3v) is 5.42. The molecule has 0 spiro atoms. The molecule has 0 saturated heterocycles. The summed E-state index contributed by atoms with van der Waals surface area (Å²) in [6.45, 7) is 4.53. The molecule has 1 aromatic carbocycles. The van der Waals surface area contributed by atoms with Gasteiger partial charge in [-0.05, 0) is 50.1 Å². The number of benzene rings is 1. The largest absolute Gasteiger partial charge is 0.364 e. The van der Waals surface area contributed by atoms with Gasteiger partial charge in [0, 0.05) is 28.9 Å². The molecule has 19 heavy (non-hydrogen) atoms. The molecule has 100 valence electrons. The third-order valence-electron chi connectivity index (χ3n) is 4.49. The summed E-state index contributed by atoms with van der Waals surface area (Å²) >= 11 is 1.48. The van der Waals surface area contributed by atoms with Crippen molar-refractivity contribution in [1.29, 1.82) is 5.26 Å². The van der Waals surface area contributed by atoms with Gasteiger partial charge in [0.05, 0.1) is 0 Å². The number of para-hydroxylation sites is 1. The number of fused-ring (bicyclic) bond motifs is 3. The summed E-state index contributed by atoms with van der Waals surface area (Å²) in [5, 5.41) is 11.9. The first-order chi connectivity index (χ1) is 9.24. The Balaban J connectivity index is 2.04. The van der Waals surface area contributed by atoms with E-state index >= 15 is 0 Å². The fraction of sp³-hybridized carbons (Fsp3) is 0.562. The zero-order valence-corrected chi connectivity index (χ0v) is 12.4. The Morgan fingerprint density at radius 2 is 2.11 bits per heavy atom. The lowest BCUT2D eigenvalue weighted by atomic mass is 9.82. The van der Waals surface area contributed by atoms with Crippen LogP contribution < -0.4 is 4.90 Å². The molecular weight excluding hydrogens is 252 g/mol. The Hall–Kier alpha value is -1.14. The van der Waals surface area contributed by atoms with Crippen LogP contribution in [0.4, 0.5) is 5.69 Å². The summed E-state index contributed by atoms with van der Waals surface area (Å²) in [6.07, 6.45) is 3.70. The van der Waals surface area contributed by atoms with Crippen molar-refractivity contribution in [2.24, 2.45) is 0 Å². The highest BCUT2D eigenvalue weighted by Gasteiger charge is 2.45. The van der Waals surface area contributed by atoms with E-state index in [-0.39, 0.29) is 0 Å². The maximum atomic E-state index is 9.07. The Bertz CT molecular complexity index is 506. The lowest BCUT2D eigenvalue weighted by molar-refractivity contribution is 0.385. The normalized spacial score (nSPS) is 28.9. The number of nitriles is 1. The minimum atomic E-state index is 0.457. The predicted molar refractivity (Wildman–Crippen MR) is 81.4 cm³/mol. The van der Waals surface area contributed by atoms with Crippen LogP contribution in [0.2, 0.25) is 0 Å². The zero-order valence-electron chi connectivity index (χ0n) is 11.5. The number of thiocyanates is 1. The van der Waals surface area contributed by atoms with Crippen molar-refractivity contribution in [3.8, 4) is 5.40 Å². The zero-order chi connectivity index (χ0) is 13.4. The van der Waals surface area contributed by atoms with Gasteiger partial charge in [0.1, 0.15) is 5.40 Å². The van der Waals surface area contributed by atoms with E-state index in [4.69, 9.17) is 5.26 Å². The molecule has 0 aromatic heterocycles. The Labute approximate surface area is 119 Å². The van der Waals surface area contributed by atoms with E-state index in [1.54, 1.807) is 0 Å². The first-order valence-corrected chi connectivity index (χ1v) is 8.04. The molecule has 3 atom stereocenters. The molecule has 0 N–H and O–H groups in total. The standard InChI is InChI=1S/C16H20N2S/c1-11(2)18-14-8-4-3-6-12(14)13-7-5-9-15(16(13)18)19-10-17/h3-4,6,8,11,13,15-16H,5,7,9H2,1-2H3/t13-,15-,16+/m0/s1. The van der Waals surface area contributed by atoms with Crippen molar-refractivity contribution in [3.63, 3.8) is 0 Å². The molecule has 2 aliphatic rings. The maximum Gasteiger partial charge on any atom is 0.133 e. The average molecular weight is 272 g/mol. The molecule has 1 aliphatic carbocycles. The molecule has 1 aliphatic heterocycles. The molecule has 0 amide bonds. The first kappa shape index (κ1) is 12.9. The van der Waals surface area contributed by atoms with Gasteiger partial charge in [0.15, 0.2) is 0 Å². The molecule has 3 heteroatoms. The van der Waals surface area contributed by atoms with Crippen LogP contribution in [0.25, 0.3) is 0 Å². The van der Waals surface area contributed by atoms with E-state index in [0.29, 0.717) is 23.3 Å². The van der Waals surface area contributed by atoms with E-state index in [1.165, 1.54) is 42.3 Å². The first-order valence-electron chi connectivity index (χ1n) is 7.16. The van der Waals surface area contributed by atoms with E-state index in [0.717, 1.165) is 0 Å². The number of nitrogens with zero attached hydrogens (tertiary/aromatic N) is 2. The lowest BCUT2D eigenvalue weighted by Gasteiger charge is -2.40. The Kier molecular flexibility index (Phi) is 3.45. The molecule has 2 nitrogen and oxygen atoms in total. The van der Waals surface area contributed by atoms with Gasteiger partial charge in [0.2, 0.25) is 0 Å². The van der Waals surface area contributed by atoms with Crippen molar-refractivity contribution in [3.05, 3.63) is 29.8 Å². The van der Waals surface area contributed by atoms with Crippen LogP contribution in [-0.4, -0.2) is 17.3 Å². The summed E-state index contributed by atoms with van der Waals surface area (Å²) in [7, 11) is 0. The quantitative estimate of drug-likeness (QED) is 0.757. The van der Waals surface area contributed by atoms with Crippen molar-refractivity contribution in [2.75, 3.05) is 4.90 Å². The van der Waals surface area contributed by atoms with Crippen LogP contribution >= 0.6 is 11.8 Å². The number of hydrogen-bond acceptors (Lipinski definition) is 3. The van der Waals surface area contributed by atoms with Crippen molar-refractivity contribution in [1.82, 2.24) is 0 Å². The average Bonchev–Trinajstić information content (AvgIpc) is 2.75. The van der Waals surface area contributed by atoms with E-state index in [2.05, 4.69) is 48.4 Å². The van der Waals surface area contributed by atoms with Gasteiger partial charge in [-0.3, -0.25) is 0 Å². The number of anilines is 1. The van der Waals surface area contributed by atoms with Crippen LogP contribution in [-0.2, 0) is 0 Å². The second-order valence-corrected chi connectivity index (χ2v) is 6.86. The topological polar surface area (TPSA) is 27.0 Å². The van der Waals surface area contributed by atoms with Crippen molar-refractivity contribution >= 4 is 17.4 Å². The fourth-order valence-corrected chi connectivity index (χ4v) is 4.75. The monoisotopic (exact) mass is 272 g/mol. The van der Waals surface area contributed by atoms with Crippen LogP contribution in [0.15, 0.2) is 24.3 Å². The molecule has 0 unspecified atom stereocenters. The number of hydrogen-bond donors (Lipinski definition) is 0. The van der Waals surface area contributed by atoms with Crippen molar-refractivity contribution < 1.29 is 0 Å². The summed E-state index contributed by atoms with van der Waals surface area (Å²) in [4.78, 5) is 2.56. The molecule has 1 aromatic rings. The predicted octanol–water partition coefficient (Wildman–Crippen LogP) is 4.13. The minimum Gasteiger partial charge on any atom is -0.364 e. The highest BCUT2D eigenvalue weighted by molar-refractivity contribution is 8.04. The molecular formula is C16H20N2S. The highest BCUT2D eigenvalue weighted by Crippen LogP contribution is 2.50. The van der Waals surface area contributed by atoms with Gasteiger partial charge in [-0.1, -0.05) is 24.6 Å². The highest BCUT2D eigenvalue weighted by atomic mass is 32.2. The van der Waals surface area contributed by atoms with Crippen LogP contribution in [0.3, 0.4) is 0 Å². The SMILES string of the molecule is CC(C)N1c2ccccc2[C@@H]2CCC[C@H](SC#N)[C@@H]21. The van der Waals surface area contributed by atoms with E-state index in [9.17, 15) is 0 Å². The lowest BCUT2D eigenvalue weighted by Crippen LogP contribution is -2.47. The van der Waals surface area contributed by atoms with E-state index < -0.39 is 0 Å². The second-order valence-electron chi connectivity index (χ2n) is 5.84. The fourth-order valence-electron chi connectivity index (χ4n) is 3.87.